The third-order valence-electron chi connectivity index (χ3n) is 4.56. The van der Waals surface area contributed by atoms with Crippen LogP contribution in [0.1, 0.15) is 11.1 Å². The molecule has 0 radical (unpaired) electrons. The number of nitrogens with zero attached hydrogens (tertiary/aromatic N) is 3. The Kier molecular flexibility index (Phi) is 5.75. The van der Waals surface area contributed by atoms with E-state index >= 15 is 0 Å². The van der Waals surface area contributed by atoms with Gasteiger partial charge in [0.25, 0.3) is 0 Å². The maximum Gasteiger partial charge on any atom is 0.345 e. The Bertz CT molecular complexity index is 1130. The average Bonchev–Trinajstić information content (AvgIpc) is 3.05. The van der Waals surface area contributed by atoms with Crippen LogP contribution in [-0.2, 0) is 17.8 Å². The fourth-order valence-corrected chi connectivity index (χ4v) is 3.99. The second kappa shape index (κ2) is 8.60. The van der Waals surface area contributed by atoms with Crippen molar-refractivity contribution in [3.05, 3.63) is 87.9 Å². The summed E-state index contributed by atoms with van der Waals surface area (Å²) >= 11 is 2.21. The Morgan fingerprint density at radius 2 is 1.69 bits per heavy atom. The molecule has 1 atom stereocenters. The maximum absolute atomic E-state index is 11.8. The van der Waals surface area contributed by atoms with Gasteiger partial charge in [-0.2, -0.15) is 0 Å². The average molecular weight is 499 g/mol. The fraction of sp³-hybridized carbons (Fsp3) is 0.136. The third kappa shape index (κ3) is 4.40. The predicted molar refractivity (Wildman–Crippen MR) is 118 cm³/mol. The van der Waals surface area contributed by atoms with Crippen LogP contribution in [0.4, 0.5) is 0 Å². The number of hydrogen-bond acceptors (Lipinski definition) is 4. The van der Waals surface area contributed by atoms with Crippen molar-refractivity contribution in [1.29, 1.82) is 0 Å². The molecule has 0 bridgehead atoms. The predicted octanol–water partition coefficient (Wildman–Crippen LogP) is 4.16. The van der Waals surface area contributed by atoms with Crippen molar-refractivity contribution >= 4 is 39.6 Å². The molecular formula is C22H18IN3O3. The monoisotopic (exact) mass is 499 g/mol. The molecule has 0 aliphatic rings. The molecule has 2 aromatic carbocycles. The van der Waals surface area contributed by atoms with Crippen LogP contribution in [0.2, 0.25) is 0 Å². The highest BCUT2D eigenvalue weighted by Gasteiger charge is 2.23. The minimum absolute atomic E-state index is 0.253. The van der Waals surface area contributed by atoms with Gasteiger partial charge in [-0.3, -0.25) is 0 Å². The van der Waals surface area contributed by atoms with Crippen molar-refractivity contribution in [2.45, 2.75) is 19.1 Å². The first-order valence-corrected chi connectivity index (χ1v) is 10.2. The lowest BCUT2D eigenvalue weighted by molar-refractivity contribution is -0.145. The molecule has 0 saturated carbocycles. The largest absolute Gasteiger partial charge is 0.478 e. The number of hydrogen-bond donors (Lipinski definition) is 1. The highest BCUT2D eigenvalue weighted by molar-refractivity contribution is 14.1. The molecule has 0 amide bonds. The van der Waals surface area contributed by atoms with Crippen LogP contribution in [-0.4, -0.2) is 31.7 Å². The minimum atomic E-state index is -1.04. The number of carboxylic acid groups (broad SMARTS) is 1. The van der Waals surface area contributed by atoms with Crippen molar-refractivity contribution in [2.24, 2.45) is 0 Å². The number of rotatable bonds is 7. The number of halogens is 1. The summed E-state index contributed by atoms with van der Waals surface area (Å²) in [7, 11) is 0. The molecule has 29 heavy (non-hydrogen) atoms. The Morgan fingerprint density at radius 3 is 2.34 bits per heavy atom. The van der Waals surface area contributed by atoms with E-state index in [0.29, 0.717) is 12.2 Å². The number of fused-ring (bicyclic) bond motifs is 1. The number of benzene rings is 2. The van der Waals surface area contributed by atoms with Gasteiger partial charge in [-0.15, -0.1) is 0 Å². The van der Waals surface area contributed by atoms with Gasteiger partial charge in [-0.05, 0) is 33.7 Å². The lowest BCUT2D eigenvalue weighted by Crippen LogP contribution is -2.29. The molecule has 0 aliphatic carbocycles. The Morgan fingerprint density at radius 1 is 1.03 bits per heavy atom. The second-order valence-electron chi connectivity index (χ2n) is 6.60. The summed E-state index contributed by atoms with van der Waals surface area (Å²) in [5, 5.41) is 10.4. The zero-order chi connectivity index (χ0) is 20.2. The molecule has 7 heteroatoms. The fourth-order valence-electron chi connectivity index (χ4n) is 3.18. The van der Waals surface area contributed by atoms with Gasteiger partial charge >= 0.3 is 5.97 Å². The summed E-state index contributed by atoms with van der Waals surface area (Å²) in [5.41, 5.74) is 2.75. The number of carboxylic acids is 1. The smallest absolute Gasteiger partial charge is 0.345 e. The van der Waals surface area contributed by atoms with Crippen LogP contribution in [0.15, 0.2) is 73.2 Å². The van der Waals surface area contributed by atoms with E-state index in [9.17, 15) is 9.90 Å². The van der Waals surface area contributed by atoms with Crippen molar-refractivity contribution in [2.75, 3.05) is 0 Å². The molecule has 4 rings (SSSR count). The van der Waals surface area contributed by atoms with Crippen LogP contribution in [0.3, 0.4) is 0 Å². The van der Waals surface area contributed by atoms with Crippen molar-refractivity contribution < 1.29 is 14.6 Å². The van der Waals surface area contributed by atoms with E-state index in [1.807, 2.05) is 59.3 Å². The van der Waals surface area contributed by atoms with E-state index < -0.39 is 12.1 Å². The van der Waals surface area contributed by atoms with Gasteiger partial charge in [0.05, 0.1) is 5.39 Å². The first-order valence-electron chi connectivity index (χ1n) is 9.08. The molecule has 4 aromatic rings. The van der Waals surface area contributed by atoms with Gasteiger partial charge in [0.15, 0.2) is 0 Å². The summed E-state index contributed by atoms with van der Waals surface area (Å²) in [6, 6.07) is 19.5. The molecule has 0 aliphatic heterocycles. The highest BCUT2D eigenvalue weighted by atomic mass is 127. The second-order valence-corrected chi connectivity index (χ2v) is 7.76. The summed E-state index contributed by atoms with van der Waals surface area (Å²) in [4.78, 5) is 20.5. The van der Waals surface area contributed by atoms with Gasteiger partial charge in [0.2, 0.25) is 12.0 Å². The van der Waals surface area contributed by atoms with E-state index in [4.69, 9.17) is 4.74 Å². The van der Waals surface area contributed by atoms with E-state index in [2.05, 4.69) is 44.7 Å². The zero-order valence-corrected chi connectivity index (χ0v) is 17.6. The van der Waals surface area contributed by atoms with Gasteiger partial charge < -0.3 is 14.4 Å². The molecule has 1 N–H and O–H groups in total. The van der Waals surface area contributed by atoms with Crippen molar-refractivity contribution in [3.8, 4) is 5.88 Å². The first kappa shape index (κ1) is 19.4. The molecule has 6 nitrogen and oxygen atoms in total. The van der Waals surface area contributed by atoms with E-state index in [-0.39, 0.29) is 12.3 Å². The van der Waals surface area contributed by atoms with Gasteiger partial charge in [0, 0.05) is 22.7 Å². The number of aliphatic carboxylic acids is 1. The SMILES string of the molecule is O=C(O)[C@@H](Cc1ccccc1)Oc1ncnc2c1c(I)cn2Cc1ccccc1. The van der Waals surface area contributed by atoms with E-state index in [1.165, 1.54) is 6.33 Å². The summed E-state index contributed by atoms with van der Waals surface area (Å²) in [6.45, 7) is 0.656. The van der Waals surface area contributed by atoms with Crippen LogP contribution in [0.25, 0.3) is 11.0 Å². The normalized spacial score (nSPS) is 12.0. The molecule has 2 heterocycles. The first-order chi connectivity index (χ1) is 14.1. The van der Waals surface area contributed by atoms with Crippen molar-refractivity contribution in [3.63, 3.8) is 0 Å². The third-order valence-corrected chi connectivity index (χ3v) is 5.38. The zero-order valence-electron chi connectivity index (χ0n) is 15.4. The Labute approximate surface area is 181 Å². The molecule has 0 unspecified atom stereocenters. The molecular weight excluding hydrogens is 481 g/mol. The van der Waals surface area contributed by atoms with Crippen LogP contribution in [0.5, 0.6) is 5.88 Å². The van der Waals surface area contributed by atoms with Gasteiger partial charge in [-0.25, -0.2) is 14.8 Å². The van der Waals surface area contributed by atoms with Gasteiger partial charge in [-0.1, -0.05) is 60.7 Å². The Balaban J connectivity index is 1.66. The molecule has 2 aromatic heterocycles. The van der Waals surface area contributed by atoms with Crippen molar-refractivity contribution in [1.82, 2.24) is 14.5 Å². The van der Waals surface area contributed by atoms with Crippen LogP contribution in [0, 0.1) is 3.57 Å². The molecule has 0 saturated heterocycles. The van der Waals surface area contributed by atoms with Crippen LogP contribution >= 0.6 is 22.6 Å². The molecule has 0 spiro atoms. The Hall–Kier alpha value is -2.94. The summed E-state index contributed by atoms with van der Waals surface area (Å²) in [5.74, 6) is -0.742. The minimum Gasteiger partial charge on any atom is -0.478 e. The molecule has 146 valence electrons. The quantitative estimate of drug-likeness (QED) is 0.387. The van der Waals surface area contributed by atoms with E-state index in [1.54, 1.807) is 0 Å². The summed E-state index contributed by atoms with van der Waals surface area (Å²) in [6.07, 6.45) is 2.61. The standard InChI is InChI=1S/C22H18IN3O3/c23-17-13-26(12-16-9-5-2-6-10-16)20-19(17)21(25-14-24-20)29-18(22(27)28)11-15-7-3-1-4-8-15/h1-10,13-14,18H,11-12H2,(H,27,28)/t18-/m1/s1. The topological polar surface area (TPSA) is 77.2 Å². The number of aromatic nitrogens is 3. The lowest BCUT2D eigenvalue weighted by atomic mass is 10.1. The lowest BCUT2D eigenvalue weighted by Gasteiger charge is -2.15. The van der Waals surface area contributed by atoms with Gasteiger partial charge in [0.1, 0.15) is 12.0 Å². The number of ether oxygens (including phenoxy) is 1. The van der Waals surface area contributed by atoms with E-state index in [0.717, 1.165) is 20.1 Å². The number of carbonyl (C=O) groups is 1. The molecule has 0 fully saturated rings. The maximum atomic E-state index is 11.8. The highest BCUT2D eigenvalue weighted by Crippen LogP contribution is 2.30. The van der Waals surface area contributed by atoms with Crippen LogP contribution < -0.4 is 4.74 Å². The summed E-state index contributed by atoms with van der Waals surface area (Å²) < 4.78 is 8.80.